The molecule has 0 aliphatic carbocycles. The van der Waals surface area contributed by atoms with E-state index < -0.39 is 22.5 Å². The molecule has 4 aromatic rings. The van der Waals surface area contributed by atoms with Crippen LogP contribution in [0.5, 0.6) is 23.0 Å². The van der Waals surface area contributed by atoms with Crippen LogP contribution in [0.4, 0.5) is 5.69 Å². The lowest BCUT2D eigenvalue weighted by atomic mass is 9.96. The minimum Gasteiger partial charge on any atom is -0.504 e. The van der Waals surface area contributed by atoms with Crippen LogP contribution in [0.2, 0.25) is 0 Å². The van der Waals surface area contributed by atoms with Crippen molar-refractivity contribution in [1.82, 2.24) is 4.57 Å². The van der Waals surface area contributed by atoms with Crippen molar-refractivity contribution in [3.8, 4) is 23.0 Å². The van der Waals surface area contributed by atoms with Crippen LogP contribution in [-0.4, -0.2) is 40.9 Å². The monoisotopic (exact) mass is 645 g/mol. The molecule has 0 saturated heterocycles. The van der Waals surface area contributed by atoms with Crippen LogP contribution in [0.1, 0.15) is 43.5 Å². The molecule has 13 heteroatoms. The van der Waals surface area contributed by atoms with E-state index in [0.29, 0.717) is 17.9 Å². The van der Waals surface area contributed by atoms with E-state index in [2.05, 4.69) is 0 Å². The Morgan fingerprint density at radius 1 is 1.07 bits per heavy atom. The number of esters is 1. The SMILES string of the molecule is CCOC(=O)C1=C(C)n2c(s/c(=C\c3cc(OC)c(OCc4ccccc4)cc3[N+](=O)[O-])c2=O)=N[C@@H]1c1ccc(O)c(OCC)c1. The maximum Gasteiger partial charge on any atom is 0.338 e. The zero-order valence-corrected chi connectivity index (χ0v) is 26.3. The molecule has 0 unspecified atom stereocenters. The van der Waals surface area contributed by atoms with Gasteiger partial charge in [0, 0.05) is 5.70 Å². The molecular formula is C33H31N3O9S. The molecule has 3 aromatic carbocycles. The van der Waals surface area contributed by atoms with E-state index in [1.165, 1.54) is 36.0 Å². The number of nitro groups is 1. The lowest BCUT2D eigenvalue weighted by Gasteiger charge is -2.22. The number of ether oxygens (including phenoxy) is 4. The molecule has 1 aromatic heterocycles. The predicted molar refractivity (Wildman–Crippen MR) is 171 cm³/mol. The van der Waals surface area contributed by atoms with Crippen molar-refractivity contribution in [2.45, 2.75) is 33.4 Å². The Balaban J connectivity index is 1.65. The van der Waals surface area contributed by atoms with Gasteiger partial charge in [-0.3, -0.25) is 19.5 Å². The number of thiazole rings is 1. The number of aromatic nitrogens is 1. The zero-order chi connectivity index (χ0) is 33.0. The van der Waals surface area contributed by atoms with Crippen LogP contribution in [0.3, 0.4) is 0 Å². The fourth-order valence-electron chi connectivity index (χ4n) is 5.02. The molecule has 0 bridgehead atoms. The Labute approximate surface area is 267 Å². The first-order valence-electron chi connectivity index (χ1n) is 14.3. The second-order valence-electron chi connectivity index (χ2n) is 10.0. The summed E-state index contributed by atoms with van der Waals surface area (Å²) in [5, 5.41) is 22.4. The van der Waals surface area contributed by atoms with Gasteiger partial charge in [-0.15, -0.1) is 0 Å². The Kier molecular flexibility index (Phi) is 9.52. The summed E-state index contributed by atoms with van der Waals surface area (Å²) in [6, 6.07) is 15.8. The number of aromatic hydroxyl groups is 1. The summed E-state index contributed by atoms with van der Waals surface area (Å²) < 4.78 is 23.6. The maximum atomic E-state index is 13.8. The normalized spacial score (nSPS) is 14.3. The number of benzene rings is 3. The third-order valence-electron chi connectivity index (χ3n) is 7.17. The molecule has 1 aliphatic heterocycles. The summed E-state index contributed by atoms with van der Waals surface area (Å²) in [4.78, 5) is 43.6. The highest BCUT2D eigenvalue weighted by atomic mass is 32.1. The molecule has 5 rings (SSSR count). The van der Waals surface area contributed by atoms with Gasteiger partial charge < -0.3 is 24.1 Å². The van der Waals surface area contributed by atoms with Crippen molar-refractivity contribution in [2.75, 3.05) is 20.3 Å². The van der Waals surface area contributed by atoms with Gasteiger partial charge in [-0.25, -0.2) is 9.79 Å². The number of hydrogen-bond acceptors (Lipinski definition) is 11. The first-order chi connectivity index (χ1) is 22.2. The standard InChI is InChI=1S/C33H31N3O9S/c1-5-43-25-14-21(12-13-24(25)37)30-29(32(39)44-6-2)19(3)35-31(38)28(46-33(35)34-30)16-22-15-26(42-4)27(17-23(22)36(40)41)45-18-20-10-8-7-9-11-20/h7-17,30,37H,5-6,18H2,1-4H3/b28-16-/t30-/m1/s1. The molecule has 0 fully saturated rings. The molecule has 0 radical (unpaired) electrons. The highest BCUT2D eigenvalue weighted by Crippen LogP contribution is 2.38. The van der Waals surface area contributed by atoms with Gasteiger partial charge in [0.05, 0.1) is 47.0 Å². The second kappa shape index (κ2) is 13.7. The number of fused-ring (bicyclic) bond motifs is 1. The summed E-state index contributed by atoms with van der Waals surface area (Å²) in [6.45, 7) is 5.64. The van der Waals surface area contributed by atoms with Gasteiger partial charge in [-0.2, -0.15) is 0 Å². The summed E-state index contributed by atoms with van der Waals surface area (Å²) in [6.07, 6.45) is 1.40. The quantitative estimate of drug-likeness (QED) is 0.141. The van der Waals surface area contributed by atoms with E-state index in [0.717, 1.165) is 16.9 Å². The van der Waals surface area contributed by atoms with Gasteiger partial charge in [0.2, 0.25) is 0 Å². The van der Waals surface area contributed by atoms with Crippen LogP contribution in [0.25, 0.3) is 11.8 Å². The number of nitrogens with zero attached hydrogens (tertiary/aromatic N) is 3. The number of rotatable bonds is 11. The third-order valence-corrected chi connectivity index (χ3v) is 8.16. The van der Waals surface area contributed by atoms with Crippen molar-refractivity contribution in [3.63, 3.8) is 0 Å². The summed E-state index contributed by atoms with van der Waals surface area (Å²) in [7, 11) is 1.42. The number of phenolic OH excluding ortho intramolecular Hbond substituents is 1. The summed E-state index contributed by atoms with van der Waals surface area (Å²) in [5.41, 5.74) is 1.16. The van der Waals surface area contributed by atoms with Gasteiger partial charge in [0.15, 0.2) is 27.8 Å². The predicted octanol–water partition coefficient (Wildman–Crippen LogP) is 4.51. The lowest BCUT2D eigenvalue weighted by molar-refractivity contribution is -0.385. The Hall–Kier alpha value is -5.43. The molecule has 0 amide bonds. The van der Waals surface area contributed by atoms with Crippen molar-refractivity contribution in [1.29, 1.82) is 0 Å². The van der Waals surface area contributed by atoms with Crippen LogP contribution >= 0.6 is 11.3 Å². The first kappa shape index (κ1) is 32.0. The van der Waals surface area contributed by atoms with E-state index >= 15 is 0 Å². The first-order valence-corrected chi connectivity index (χ1v) is 15.2. The maximum absolute atomic E-state index is 13.8. The van der Waals surface area contributed by atoms with Gasteiger partial charge in [0.1, 0.15) is 12.6 Å². The number of methoxy groups -OCH3 is 1. The molecule has 46 heavy (non-hydrogen) atoms. The Morgan fingerprint density at radius 2 is 1.83 bits per heavy atom. The number of allylic oxidation sites excluding steroid dienone is 1. The lowest BCUT2D eigenvalue weighted by Crippen LogP contribution is -2.35. The second-order valence-corrected chi connectivity index (χ2v) is 11.0. The minimum absolute atomic E-state index is 0.0711. The largest absolute Gasteiger partial charge is 0.504 e. The summed E-state index contributed by atoms with van der Waals surface area (Å²) >= 11 is 1.02. The Bertz CT molecular complexity index is 2020. The van der Waals surface area contributed by atoms with Crippen LogP contribution < -0.4 is 29.1 Å². The molecule has 0 saturated carbocycles. The average molecular weight is 646 g/mol. The van der Waals surface area contributed by atoms with E-state index in [4.69, 9.17) is 23.9 Å². The molecule has 2 heterocycles. The topological polar surface area (TPSA) is 152 Å². The molecule has 12 nitrogen and oxygen atoms in total. The molecule has 1 aliphatic rings. The molecular weight excluding hydrogens is 614 g/mol. The number of hydrogen-bond donors (Lipinski definition) is 1. The Morgan fingerprint density at radius 3 is 2.50 bits per heavy atom. The van der Waals surface area contributed by atoms with Crippen molar-refractivity contribution in [3.05, 3.63) is 113 Å². The highest BCUT2D eigenvalue weighted by Gasteiger charge is 2.32. The number of nitro benzene ring substituents is 1. The van der Waals surface area contributed by atoms with E-state index in [1.807, 2.05) is 30.3 Å². The van der Waals surface area contributed by atoms with E-state index in [-0.39, 0.29) is 62.4 Å². The third kappa shape index (κ3) is 6.35. The van der Waals surface area contributed by atoms with Crippen molar-refractivity contribution in [2.24, 2.45) is 4.99 Å². The number of phenols is 1. The van der Waals surface area contributed by atoms with Crippen LogP contribution in [0, 0.1) is 10.1 Å². The number of carbonyl (C=O) groups is 1. The number of carbonyl (C=O) groups excluding carboxylic acids is 1. The molecule has 1 N–H and O–H groups in total. The molecule has 238 valence electrons. The van der Waals surface area contributed by atoms with Crippen LogP contribution in [-0.2, 0) is 16.1 Å². The van der Waals surface area contributed by atoms with Crippen molar-refractivity contribution < 1.29 is 33.8 Å². The summed E-state index contributed by atoms with van der Waals surface area (Å²) in [5.74, 6) is -0.0825. The van der Waals surface area contributed by atoms with Gasteiger partial charge in [-0.1, -0.05) is 47.7 Å². The van der Waals surface area contributed by atoms with E-state index in [1.54, 1.807) is 32.9 Å². The average Bonchev–Trinajstić information content (AvgIpc) is 3.36. The van der Waals surface area contributed by atoms with Gasteiger partial charge in [0.25, 0.3) is 11.2 Å². The van der Waals surface area contributed by atoms with Crippen molar-refractivity contribution >= 4 is 34.8 Å². The highest BCUT2D eigenvalue weighted by molar-refractivity contribution is 7.07. The van der Waals surface area contributed by atoms with Gasteiger partial charge in [-0.05, 0) is 56.2 Å². The van der Waals surface area contributed by atoms with Crippen LogP contribution in [0.15, 0.2) is 76.0 Å². The molecule has 0 spiro atoms. The zero-order valence-electron chi connectivity index (χ0n) is 25.5. The van der Waals surface area contributed by atoms with E-state index in [9.17, 15) is 24.8 Å². The van der Waals surface area contributed by atoms with Gasteiger partial charge >= 0.3 is 5.97 Å². The fraction of sp³-hybridized carbons (Fsp3) is 0.242. The minimum atomic E-state index is -0.875. The smallest absolute Gasteiger partial charge is 0.338 e. The fourth-order valence-corrected chi connectivity index (χ4v) is 6.05. The molecule has 1 atom stereocenters.